The highest BCUT2D eigenvalue weighted by molar-refractivity contribution is 6.12. The van der Waals surface area contributed by atoms with Gasteiger partial charge in [0.25, 0.3) is 11.8 Å². The number of carbonyl (C=O) groups is 2. The number of rotatable bonds is 9. The van der Waals surface area contributed by atoms with E-state index in [9.17, 15) is 9.59 Å². The lowest BCUT2D eigenvalue weighted by Crippen LogP contribution is -2.18. The average molecular weight is 433 g/mol. The molecular weight excluding hydrogens is 404 g/mol. The van der Waals surface area contributed by atoms with E-state index in [1.165, 1.54) is 0 Å². The lowest BCUT2D eigenvalue weighted by molar-refractivity contribution is 0.102. The zero-order valence-corrected chi connectivity index (χ0v) is 18.6. The lowest BCUT2D eigenvalue weighted by Gasteiger charge is -2.13. The molecule has 0 fully saturated rings. The van der Waals surface area contributed by atoms with Gasteiger partial charge >= 0.3 is 0 Å². The fraction of sp³-hybridized carbons (Fsp3) is 0.231. The van der Waals surface area contributed by atoms with E-state index in [0.717, 1.165) is 5.75 Å². The van der Waals surface area contributed by atoms with Crippen LogP contribution < -0.4 is 20.1 Å². The van der Waals surface area contributed by atoms with Crippen molar-refractivity contribution >= 4 is 23.2 Å². The van der Waals surface area contributed by atoms with Crippen LogP contribution in [-0.4, -0.2) is 25.0 Å². The maximum atomic E-state index is 12.9. The Morgan fingerprint density at radius 3 is 2.28 bits per heavy atom. The van der Waals surface area contributed by atoms with Gasteiger partial charge in [-0.15, -0.1) is 0 Å². The molecule has 0 aliphatic rings. The van der Waals surface area contributed by atoms with E-state index in [1.54, 1.807) is 66.7 Å². The molecule has 0 saturated carbocycles. The summed E-state index contributed by atoms with van der Waals surface area (Å²) in [6, 6.07) is 21.0. The molecule has 3 aromatic carbocycles. The van der Waals surface area contributed by atoms with Crippen molar-refractivity contribution in [2.45, 2.75) is 20.8 Å². The van der Waals surface area contributed by atoms with Gasteiger partial charge in [0.2, 0.25) is 0 Å². The van der Waals surface area contributed by atoms with Gasteiger partial charge < -0.3 is 20.1 Å². The van der Waals surface area contributed by atoms with Gasteiger partial charge in [0.05, 0.1) is 24.5 Å². The van der Waals surface area contributed by atoms with Gasteiger partial charge in [0, 0.05) is 11.3 Å². The number of anilines is 2. The molecular formula is C26H28N2O4. The van der Waals surface area contributed by atoms with Crippen LogP contribution in [0.5, 0.6) is 11.5 Å². The molecule has 0 unspecified atom stereocenters. The molecule has 3 rings (SSSR count). The molecule has 2 N–H and O–H groups in total. The van der Waals surface area contributed by atoms with Gasteiger partial charge in [-0.1, -0.05) is 32.0 Å². The first kappa shape index (κ1) is 22.9. The first-order valence-electron chi connectivity index (χ1n) is 10.6. The molecule has 6 heteroatoms. The standard InChI is InChI=1S/C26H28N2O4/c1-4-31-21-14-12-20(13-15-21)27-26(30)23-10-5-6-11-24(23)28-25(29)19-8-7-9-22(16-19)32-17-18(2)3/h5-16,18H,4,17H2,1-3H3,(H,27,30)(H,28,29). The maximum absolute atomic E-state index is 12.9. The predicted molar refractivity (Wildman–Crippen MR) is 127 cm³/mol. The van der Waals surface area contributed by atoms with Crippen LogP contribution in [0.4, 0.5) is 11.4 Å². The molecule has 0 heterocycles. The van der Waals surface area contributed by atoms with Crippen molar-refractivity contribution in [1.29, 1.82) is 0 Å². The maximum Gasteiger partial charge on any atom is 0.257 e. The first-order valence-corrected chi connectivity index (χ1v) is 10.6. The zero-order valence-electron chi connectivity index (χ0n) is 18.6. The zero-order chi connectivity index (χ0) is 22.9. The molecule has 166 valence electrons. The highest BCUT2D eigenvalue weighted by Crippen LogP contribution is 2.21. The van der Waals surface area contributed by atoms with Crippen molar-refractivity contribution in [3.8, 4) is 11.5 Å². The van der Waals surface area contributed by atoms with Crippen LogP contribution in [0.15, 0.2) is 72.8 Å². The second-order valence-electron chi connectivity index (χ2n) is 7.64. The van der Waals surface area contributed by atoms with E-state index in [2.05, 4.69) is 24.5 Å². The fourth-order valence-corrected chi connectivity index (χ4v) is 2.97. The predicted octanol–water partition coefficient (Wildman–Crippen LogP) is 5.62. The van der Waals surface area contributed by atoms with Crippen molar-refractivity contribution < 1.29 is 19.1 Å². The third kappa shape index (κ3) is 6.35. The summed E-state index contributed by atoms with van der Waals surface area (Å²) < 4.78 is 11.1. The van der Waals surface area contributed by atoms with Gasteiger partial charge in [-0.25, -0.2) is 0 Å². The normalized spacial score (nSPS) is 10.5. The molecule has 0 aliphatic carbocycles. The van der Waals surface area contributed by atoms with E-state index in [1.807, 2.05) is 13.0 Å². The molecule has 0 bridgehead atoms. The minimum atomic E-state index is -0.320. The van der Waals surface area contributed by atoms with Gasteiger partial charge in [0.1, 0.15) is 11.5 Å². The second kappa shape index (κ2) is 11.0. The molecule has 6 nitrogen and oxygen atoms in total. The highest BCUT2D eigenvalue weighted by Gasteiger charge is 2.15. The summed E-state index contributed by atoms with van der Waals surface area (Å²) in [5, 5.41) is 5.69. The fourth-order valence-electron chi connectivity index (χ4n) is 2.97. The number of carbonyl (C=O) groups excluding carboxylic acids is 2. The Labute approximate surface area is 188 Å². The number of hydrogen-bond acceptors (Lipinski definition) is 4. The molecule has 0 radical (unpaired) electrons. The minimum Gasteiger partial charge on any atom is -0.494 e. The second-order valence-corrected chi connectivity index (χ2v) is 7.64. The number of benzene rings is 3. The van der Waals surface area contributed by atoms with Crippen molar-refractivity contribution in [3.63, 3.8) is 0 Å². The molecule has 0 aromatic heterocycles. The van der Waals surface area contributed by atoms with Crippen LogP contribution >= 0.6 is 0 Å². The summed E-state index contributed by atoms with van der Waals surface area (Å²) in [7, 11) is 0. The summed E-state index contributed by atoms with van der Waals surface area (Å²) in [5.74, 6) is 1.11. The monoisotopic (exact) mass is 432 g/mol. The van der Waals surface area contributed by atoms with Gasteiger partial charge in [-0.05, 0) is 67.4 Å². The topological polar surface area (TPSA) is 76.7 Å². The minimum absolute atomic E-state index is 0.318. The number of para-hydroxylation sites is 1. The van der Waals surface area contributed by atoms with Crippen LogP contribution in [-0.2, 0) is 0 Å². The Morgan fingerprint density at radius 2 is 1.56 bits per heavy atom. The van der Waals surface area contributed by atoms with E-state index in [4.69, 9.17) is 9.47 Å². The van der Waals surface area contributed by atoms with Gasteiger partial charge in [-0.2, -0.15) is 0 Å². The summed E-state index contributed by atoms with van der Waals surface area (Å²) in [5.41, 5.74) is 1.87. The van der Waals surface area contributed by atoms with Gasteiger partial charge in [0.15, 0.2) is 0 Å². The Morgan fingerprint density at radius 1 is 0.812 bits per heavy atom. The molecule has 0 aliphatic heterocycles. The van der Waals surface area contributed by atoms with Crippen molar-refractivity contribution in [1.82, 2.24) is 0 Å². The average Bonchev–Trinajstić information content (AvgIpc) is 2.79. The molecule has 2 amide bonds. The van der Waals surface area contributed by atoms with E-state index in [0.29, 0.717) is 47.4 Å². The Hall–Kier alpha value is -3.80. The van der Waals surface area contributed by atoms with E-state index >= 15 is 0 Å². The van der Waals surface area contributed by atoms with Crippen LogP contribution in [0.25, 0.3) is 0 Å². The van der Waals surface area contributed by atoms with Crippen molar-refractivity contribution in [2.75, 3.05) is 23.8 Å². The number of ether oxygens (including phenoxy) is 2. The van der Waals surface area contributed by atoms with Crippen LogP contribution in [0.2, 0.25) is 0 Å². The summed E-state index contributed by atoms with van der Waals surface area (Å²) in [4.78, 5) is 25.7. The summed E-state index contributed by atoms with van der Waals surface area (Å²) in [6.07, 6.45) is 0. The quantitative estimate of drug-likeness (QED) is 0.460. The summed E-state index contributed by atoms with van der Waals surface area (Å²) >= 11 is 0. The third-order valence-electron chi connectivity index (χ3n) is 4.52. The molecule has 3 aromatic rings. The van der Waals surface area contributed by atoms with E-state index in [-0.39, 0.29) is 11.8 Å². The molecule has 0 spiro atoms. The number of nitrogens with one attached hydrogen (secondary N) is 2. The van der Waals surface area contributed by atoms with Crippen LogP contribution in [0.3, 0.4) is 0 Å². The lowest BCUT2D eigenvalue weighted by atomic mass is 10.1. The molecule has 0 atom stereocenters. The molecule has 0 saturated heterocycles. The van der Waals surface area contributed by atoms with Gasteiger partial charge in [-0.3, -0.25) is 9.59 Å². The number of hydrogen-bond donors (Lipinski definition) is 2. The van der Waals surface area contributed by atoms with Crippen molar-refractivity contribution in [3.05, 3.63) is 83.9 Å². The van der Waals surface area contributed by atoms with Crippen molar-refractivity contribution in [2.24, 2.45) is 5.92 Å². The SMILES string of the molecule is CCOc1ccc(NC(=O)c2ccccc2NC(=O)c2cccc(OCC(C)C)c2)cc1. The Kier molecular flexibility index (Phi) is 7.86. The first-order chi connectivity index (χ1) is 15.5. The van der Waals surface area contributed by atoms with Crippen LogP contribution in [0.1, 0.15) is 41.5 Å². The largest absolute Gasteiger partial charge is 0.494 e. The molecule has 32 heavy (non-hydrogen) atoms. The number of amides is 2. The Bertz CT molecular complexity index is 1060. The summed E-state index contributed by atoms with van der Waals surface area (Å²) in [6.45, 7) is 7.18. The highest BCUT2D eigenvalue weighted by atomic mass is 16.5. The Balaban J connectivity index is 1.71. The van der Waals surface area contributed by atoms with Crippen LogP contribution in [0, 0.1) is 5.92 Å². The van der Waals surface area contributed by atoms with E-state index < -0.39 is 0 Å². The third-order valence-corrected chi connectivity index (χ3v) is 4.52. The smallest absolute Gasteiger partial charge is 0.257 e.